The normalized spacial score (nSPS) is 12.1. The van der Waals surface area contributed by atoms with E-state index in [-0.39, 0.29) is 5.75 Å². The number of aromatic nitrogens is 3. The maximum Gasteiger partial charge on any atom is 0.196 e. The van der Waals surface area contributed by atoms with E-state index in [9.17, 15) is 8.42 Å². The highest BCUT2D eigenvalue weighted by Gasteiger charge is 2.18. The van der Waals surface area contributed by atoms with Crippen molar-refractivity contribution in [2.75, 3.05) is 11.5 Å². The van der Waals surface area contributed by atoms with Crippen molar-refractivity contribution in [2.45, 2.75) is 30.8 Å². The molecule has 144 valence electrons. The number of para-hydroxylation sites is 1. The minimum atomic E-state index is -3.35. The third-order valence-corrected chi connectivity index (χ3v) is 7.88. The Morgan fingerprint density at radius 1 is 0.964 bits per heavy atom. The van der Waals surface area contributed by atoms with Crippen molar-refractivity contribution < 1.29 is 8.42 Å². The number of nitrogens with zero attached hydrogens (tertiary/aromatic N) is 3. The Hall–Kier alpha value is -2.38. The molecule has 0 spiro atoms. The van der Waals surface area contributed by atoms with Gasteiger partial charge in [-0.3, -0.25) is 4.40 Å². The first-order chi connectivity index (χ1) is 13.4. The number of thioether (sulfide) groups is 1. The molecule has 4 rings (SSSR count). The van der Waals surface area contributed by atoms with Crippen LogP contribution >= 0.6 is 11.8 Å². The minimum Gasteiger partial charge on any atom is -0.270 e. The van der Waals surface area contributed by atoms with Gasteiger partial charge in [0, 0.05) is 11.1 Å². The van der Waals surface area contributed by atoms with Crippen molar-refractivity contribution in [3.8, 4) is 0 Å². The molecule has 2 aromatic heterocycles. The van der Waals surface area contributed by atoms with E-state index in [4.69, 9.17) is 0 Å². The predicted molar refractivity (Wildman–Crippen MR) is 114 cm³/mol. The lowest BCUT2D eigenvalue weighted by Crippen LogP contribution is -2.11. The second kappa shape index (κ2) is 7.22. The second-order valence-electron chi connectivity index (χ2n) is 6.96. The molecular weight excluding hydrogens is 390 g/mol. The summed E-state index contributed by atoms with van der Waals surface area (Å²) in [4.78, 5) is 0.417. The number of sulfone groups is 1. The quantitative estimate of drug-likeness (QED) is 0.456. The van der Waals surface area contributed by atoms with Gasteiger partial charge < -0.3 is 0 Å². The number of rotatable bonds is 5. The molecule has 0 aliphatic rings. The first kappa shape index (κ1) is 19.0. The van der Waals surface area contributed by atoms with Crippen LogP contribution < -0.4 is 0 Å². The van der Waals surface area contributed by atoms with E-state index < -0.39 is 9.84 Å². The van der Waals surface area contributed by atoms with E-state index in [0.717, 1.165) is 33.2 Å². The molecular formula is C21H21N3O2S2. The number of aryl methyl sites for hydroxylation is 3. The highest BCUT2D eigenvalue weighted by atomic mass is 32.2. The molecule has 0 unspecified atom stereocenters. The van der Waals surface area contributed by atoms with Crippen LogP contribution in [0.3, 0.4) is 0 Å². The van der Waals surface area contributed by atoms with Crippen LogP contribution in [0.25, 0.3) is 16.6 Å². The third kappa shape index (κ3) is 3.40. The Balaban J connectivity index is 1.62. The molecule has 4 aromatic rings. The summed E-state index contributed by atoms with van der Waals surface area (Å²) in [5.41, 5.74) is 4.68. The minimum absolute atomic E-state index is 0.0562. The Bertz CT molecular complexity index is 1290. The molecule has 0 bridgehead atoms. The Labute approximate surface area is 168 Å². The molecule has 2 heterocycles. The van der Waals surface area contributed by atoms with Gasteiger partial charge in [-0.2, -0.15) is 0 Å². The lowest BCUT2D eigenvalue weighted by atomic mass is 10.1. The topological polar surface area (TPSA) is 64.3 Å². The van der Waals surface area contributed by atoms with Crippen LogP contribution in [0.4, 0.5) is 0 Å². The van der Waals surface area contributed by atoms with E-state index in [2.05, 4.69) is 23.2 Å². The molecule has 0 saturated carbocycles. The van der Waals surface area contributed by atoms with Crippen LogP contribution in [0, 0.1) is 20.8 Å². The maximum atomic E-state index is 12.8. The summed E-state index contributed by atoms with van der Waals surface area (Å²) in [6.45, 7) is 5.79. The maximum absolute atomic E-state index is 12.8. The summed E-state index contributed by atoms with van der Waals surface area (Å²) in [5.74, 6) is 0.472. The summed E-state index contributed by atoms with van der Waals surface area (Å²) < 4.78 is 27.6. The first-order valence-corrected chi connectivity index (χ1v) is 11.7. The molecule has 0 fully saturated rings. The van der Waals surface area contributed by atoms with Crippen molar-refractivity contribution in [2.24, 2.45) is 0 Å². The molecule has 28 heavy (non-hydrogen) atoms. The standard InChI is InChI=1S/C21H21N3O2S2/c1-14-8-9-15(2)19(12-14)28(25,26)11-10-27-21-23-22-20-13-16(3)17-6-4-5-7-18(17)24(20)21/h4-9,12-13H,10-11H2,1-3H3. The smallest absolute Gasteiger partial charge is 0.196 e. The molecule has 0 amide bonds. The van der Waals surface area contributed by atoms with Crippen molar-refractivity contribution >= 4 is 38.1 Å². The van der Waals surface area contributed by atoms with Crippen molar-refractivity contribution in [1.82, 2.24) is 14.6 Å². The van der Waals surface area contributed by atoms with Gasteiger partial charge in [0.05, 0.1) is 16.2 Å². The molecule has 0 N–H and O–H groups in total. The number of hydrogen-bond donors (Lipinski definition) is 0. The lowest BCUT2D eigenvalue weighted by molar-refractivity contribution is 0.597. The number of fused-ring (bicyclic) bond motifs is 3. The SMILES string of the molecule is Cc1ccc(C)c(S(=O)(=O)CCSc2nnc3cc(C)c4ccccc4n23)c1. The number of pyridine rings is 1. The van der Waals surface area contributed by atoms with Crippen LogP contribution in [-0.2, 0) is 9.84 Å². The number of benzene rings is 2. The van der Waals surface area contributed by atoms with Gasteiger partial charge in [0.2, 0.25) is 0 Å². The summed E-state index contributed by atoms with van der Waals surface area (Å²) in [6.07, 6.45) is 0. The molecule has 5 nitrogen and oxygen atoms in total. The van der Waals surface area contributed by atoms with Gasteiger partial charge in [0.25, 0.3) is 0 Å². The lowest BCUT2D eigenvalue weighted by Gasteiger charge is -2.09. The molecule has 2 aromatic carbocycles. The van der Waals surface area contributed by atoms with E-state index in [1.54, 1.807) is 6.07 Å². The highest BCUT2D eigenvalue weighted by Crippen LogP contribution is 2.26. The van der Waals surface area contributed by atoms with Crippen LogP contribution in [0.5, 0.6) is 0 Å². The van der Waals surface area contributed by atoms with Gasteiger partial charge in [0.1, 0.15) is 0 Å². The van der Waals surface area contributed by atoms with E-state index in [0.29, 0.717) is 15.8 Å². The van der Waals surface area contributed by atoms with Crippen LogP contribution in [0.1, 0.15) is 16.7 Å². The summed E-state index contributed by atoms with van der Waals surface area (Å²) in [7, 11) is -3.35. The average molecular weight is 412 g/mol. The Kier molecular flexibility index (Phi) is 4.89. The molecule has 0 saturated heterocycles. The average Bonchev–Trinajstić information content (AvgIpc) is 3.06. The summed E-state index contributed by atoms with van der Waals surface area (Å²) in [5, 5.41) is 10.4. The van der Waals surface area contributed by atoms with Crippen molar-refractivity contribution in [3.63, 3.8) is 0 Å². The van der Waals surface area contributed by atoms with Gasteiger partial charge in [-0.05, 0) is 55.7 Å². The fourth-order valence-electron chi connectivity index (χ4n) is 3.36. The van der Waals surface area contributed by atoms with Crippen LogP contribution in [-0.4, -0.2) is 34.5 Å². The van der Waals surface area contributed by atoms with E-state index >= 15 is 0 Å². The van der Waals surface area contributed by atoms with Crippen LogP contribution in [0.15, 0.2) is 58.6 Å². The third-order valence-electron chi connectivity index (χ3n) is 4.84. The first-order valence-electron chi connectivity index (χ1n) is 9.03. The van der Waals surface area contributed by atoms with Gasteiger partial charge >= 0.3 is 0 Å². The van der Waals surface area contributed by atoms with E-state index in [1.165, 1.54) is 11.8 Å². The predicted octanol–water partition coefficient (Wildman–Crippen LogP) is 4.37. The molecule has 0 aliphatic heterocycles. The second-order valence-corrected chi connectivity index (χ2v) is 10.1. The monoisotopic (exact) mass is 411 g/mol. The van der Waals surface area contributed by atoms with Gasteiger partial charge in [-0.15, -0.1) is 10.2 Å². The van der Waals surface area contributed by atoms with Gasteiger partial charge in [-0.1, -0.05) is 42.1 Å². The molecule has 7 heteroatoms. The molecule has 0 atom stereocenters. The summed E-state index contributed by atoms with van der Waals surface area (Å²) >= 11 is 1.42. The van der Waals surface area contributed by atoms with Gasteiger partial charge in [0.15, 0.2) is 20.6 Å². The van der Waals surface area contributed by atoms with E-state index in [1.807, 2.05) is 54.6 Å². The Morgan fingerprint density at radius 2 is 1.75 bits per heavy atom. The summed E-state index contributed by atoms with van der Waals surface area (Å²) in [6, 6.07) is 15.6. The van der Waals surface area contributed by atoms with Crippen LogP contribution in [0.2, 0.25) is 0 Å². The molecule has 0 aliphatic carbocycles. The number of hydrogen-bond acceptors (Lipinski definition) is 5. The zero-order valence-corrected chi connectivity index (χ0v) is 17.6. The Morgan fingerprint density at radius 3 is 2.57 bits per heavy atom. The van der Waals surface area contributed by atoms with Gasteiger partial charge in [-0.25, -0.2) is 8.42 Å². The van der Waals surface area contributed by atoms with Crippen molar-refractivity contribution in [3.05, 3.63) is 65.2 Å². The molecule has 0 radical (unpaired) electrons. The van der Waals surface area contributed by atoms with Crippen molar-refractivity contribution in [1.29, 1.82) is 0 Å². The fourth-order valence-corrected chi connectivity index (χ4v) is 6.32. The largest absolute Gasteiger partial charge is 0.270 e. The zero-order chi connectivity index (χ0) is 19.9. The zero-order valence-electron chi connectivity index (χ0n) is 16.0. The fraction of sp³-hybridized carbons (Fsp3) is 0.238. The highest BCUT2D eigenvalue weighted by molar-refractivity contribution is 8.00.